The molecule has 0 aromatic rings. The maximum absolute atomic E-state index is 4.52. The predicted octanol–water partition coefficient (Wildman–Crippen LogP) is 0.873. The summed E-state index contributed by atoms with van der Waals surface area (Å²) in [4.78, 5) is 4.52. The average molecular weight is 211 g/mol. The Morgan fingerprint density at radius 1 is 1.43 bits per heavy atom. The van der Waals surface area contributed by atoms with Crippen LogP contribution in [0.4, 0.5) is 0 Å². The van der Waals surface area contributed by atoms with Crippen molar-refractivity contribution in [2.24, 2.45) is 4.99 Å². The topological polar surface area (TPSA) is 39.7 Å². The molecule has 0 spiro atoms. The van der Waals surface area contributed by atoms with Gasteiger partial charge in [0.15, 0.2) is 0 Å². The lowest BCUT2D eigenvalue weighted by Crippen LogP contribution is -2.31. The molecule has 5 heteroatoms. The number of aliphatic imine (C=N–C) groups is 1. The largest absolute Gasteiger partial charge is 0.366 e. The highest BCUT2D eigenvalue weighted by Crippen LogP contribution is 2.23. The van der Waals surface area contributed by atoms with Crippen LogP contribution in [0.5, 0.6) is 0 Å². The van der Waals surface area contributed by atoms with Gasteiger partial charge in [-0.25, -0.2) is 10.4 Å². The van der Waals surface area contributed by atoms with E-state index < -0.39 is 0 Å². The number of fused-ring (bicyclic) bond motifs is 2. The van der Waals surface area contributed by atoms with E-state index in [-0.39, 0.29) is 12.4 Å². The molecule has 3 heterocycles. The van der Waals surface area contributed by atoms with Gasteiger partial charge in [0.25, 0.3) is 0 Å². The van der Waals surface area contributed by atoms with Crippen molar-refractivity contribution in [3.63, 3.8) is 0 Å². The molecule has 0 amide bonds. The first-order chi connectivity index (χ1) is 6.43. The van der Waals surface area contributed by atoms with Gasteiger partial charge in [0.2, 0.25) is 0 Å². The van der Waals surface area contributed by atoms with Crippen LogP contribution >= 0.6 is 12.4 Å². The van der Waals surface area contributed by atoms with Crippen molar-refractivity contribution in [2.45, 2.75) is 6.42 Å². The van der Waals surface area contributed by atoms with Crippen molar-refractivity contribution in [3.05, 3.63) is 35.9 Å². The third-order valence-corrected chi connectivity index (χ3v) is 2.30. The summed E-state index contributed by atoms with van der Waals surface area (Å²) < 4.78 is 0. The number of amidine groups is 1. The molecule has 3 aliphatic rings. The Kier molecular flexibility index (Phi) is 2.31. The van der Waals surface area contributed by atoms with Crippen LogP contribution in [0.2, 0.25) is 0 Å². The van der Waals surface area contributed by atoms with E-state index in [0.29, 0.717) is 0 Å². The minimum atomic E-state index is 0. The Morgan fingerprint density at radius 3 is 3.29 bits per heavy atom. The molecular formula is C9H11ClN4. The van der Waals surface area contributed by atoms with E-state index in [1.54, 1.807) is 0 Å². The third-order valence-electron chi connectivity index (χ3n) is 2.30. The molecule has 3 rings (SSSR count). The standard InChI is InChI=1S/C9H10N4.ClH/c1-3-10-5-8-7(1)6-13-9(12-8)2-4-11-13;/h1,3,5-6,10-11H,2,4H2;1H. The summed E-state index contributed by atoms with van der Waals surface area (Å²) in [6.45, 7) is 0.979. The van der Waals surface area contributed by atoms with Crippen LogP contribution in [-0.2, 0) is 0 Å². The minimum Gasteiger partial charge on any atom is -0.366 e. The molecule has 14 heavy (non-hydrogen) atoms. The first-order valence-electron chi connectivity index (χ1n) is 4.39. The molecule has 0 saturated carbocycles. The summed E-state index contributed by atoms with van der Waals surface area (Å²) in [5.41, 5.74) is 5.41. The summed E-state index contributed by atoms with van der Waals surface area (Å²) >= 11 is 0. The Hall–Kier alpha value is -1.26. The highest BCUT2D eigenvalue weighted by Gasteiger charge is 2.22. The van der Waals surface area contributed by atoms with Crippen molar-refractivity contribution in [3.8, 4) is 0 Å². The lowest BCUT2D eigenvalue weighted by molar-refractivity contribution is 0.456. The first kappa shape index (κ1) is 9.30. The van der Waals surface area contributed by atoms with Gasteiger partial charge in [-0.2, -0.15) is 0 Å². The minimum absolute atomic E-state index is 0. The van der Waals surface area contributed by atoms with Crippen molar-refractivity contribution in [1.29, 1.82) is 0 Å². The van der Waals surface area contributed by atoms with Crippen LogP contribution in [0, 0.1) is 0 Å². The summed E-state index contributed by atoms with van der Waals surface area (Å²) in [7, 11) is 0. The molecule has 0 aliphatic carbocycles. The van der Waals surface area contributed by atoms with Gasteiger partial charge in [0.1, 0.15) is 5.84 Å². The van der Waals surface area contributed by atoms with Gasteiger partial charge in [-0.15, -0.1) is 12.4 Å². The molecule has 4 nitrogen and oxygen atoms in total. The fourth-order valence-electron chi connectivity index (χ4n) is 1.65. The Labute approximate surface area is 88.5 Å². The highest BCUT2D eigenvalue weighted by atomic mass is 35.5. The van der Waals surface area contributed by atoms with Gasteiger partial charge in [0.05, 0.1) is 5.70 Å². The molecular weight excluding hydrogens is 200 g/mol. The van der Waals surface area contributed by atoms with Crippen LogP contribution in [0.1, 0.15) is 6.42 Å². The maximum atomic E-state index is 4.52. The van der Waals surface area contributed by atoms with Crippen LogP contribution in [0.25, 0.3) is 0 Å². The molecule has 1 fully saturated rings. The number of nitrogens with zero attached hydrogens (tertiary/aromatic N) is 2. The van der Waals surface area contributed by atoms with Gasteiger partial charge in [-0.1, -0.05) is 0 Å². The van der Waals surface area contributed by atoms with E-state index in [4.69, 9.17) is 0 Å². The van der Waals surface area contributed by atoms with Crippen molar-refractivity contribution in [2.75, 3.05) is 6.54 Å². The summed E-state index contributed by atoms with van der Waals surface area (Å²) in [5, 5.41) is 5.04. The summed E-state index contributed by atoms with van der Waals surface area (Å²) in [6, 6.07) is 0. The Bertz CT molecular complexity index is 367. The number of hydrogen-bond donors (Lipinski definition) is 2. The predicted molar refractivity (Wildman–Crippen MR) is 57.6 cm³/mol. The SMILES string of the molecule is C1=CC2=CN3NCCC3=NC2=CN1.Cl. The van der Waals surface area contributed by atoms with Gasteiger partial charge < -0.3 is 5.32 Å². The molecule has 3 aliphatic heterocycles. The lowest BCUT2D eigenvalue weighted by Gasteiger charge is -2.22. The van der Waals surface area contributed by atoms with E-state index in [1.807, 2.05) is 23.5 Å². The molecule has 0 bridgehead atoms. The molecule has 0 unspecified atom stereocenters. The molecule has 0 atom stereocenters. The molecule has 0 aromatic carbocycles. The van der Waals surface area contributed by atoms with E-state index in [2.05, 4.69) is 21.9 Å². The van der Waals surface area contributed by atoms with E-state index in [1.165, 1.54) is 0 Å². The van der Waals surface area contributed by atoms with Crippen LogP contribution in [0.15, 0.2) is 40.9 Å². The Balaban J connectivity index is 0.000000750. The smallest absolute Gasteiger partial charge is 0.125 e. The molecule has 0 radical (unpaired) electrons. The molecule has 74 valence electrons. The van der Waals surface area contributed by atoms with Crippen LogP contribution < -0.4 is 10.7 Å². The molecule has 0 aromatic heterocycles. The zero-order valence-electron chi connectivity index (χ0n) is 7.53. The van der Waals surface area contributed by atoms with Crippen LogP contribution in [0.3, 0.4) is 0 Å². The van der Waals surface area contributed by atoms with Gasteiger partial charge in [-0.05, 0) is 6.08 Å². The monoisotopic (exact) mass is 210 g/mol. The zero-order valence-corrected chi connectivity index (χ0v) is 8.34. The molecule has 2 N–H and O–H groups in total. The number of dihydropyridines is 1. The highest BCUT2D eigenvalue weighted by molar-refractivity contribution is 5.87. The van der Waals surface area contributed by atoms with Gasteiger partial charge in [0, 0.05) is 37.1 Å². The normalized spacial score (nSPS) is 22.3. The number of rotatable bonds is 0. The lowest BCUT2D eigenvalue weighted by atomic mass is 10.1. The second-order valence-corrected chi connectivity index (χ2v) is 3.17. The van der Waals surface area contributed by atoms with E-state index in [0.717, 1.165) is 30.1 Å². The van der Waals surface area contributed by atoms with E-state index >= 15 is 0 Å². The average Bonchev–Trinajstić information content (AvgIpc) is 2.61. The van der Waals surface area contributed by atoms with Gasteiger partial charge >= 0.3 is 0 Å². The van der Waals surface area contributed by atoms with E-state index in [9.17, 15) is 0 Å². The van der Waals surface area contributed by atoms with Crippen LogP contribution in [-0.4, -0.2) is 17.4 Å². The second-order valence-electron chi connectivity index (χ2n) is 3.17. The summed E-state index contributed by atoms with van der Waals surface area (Å²) in [5.74, 6) is 1.10. The van der Waals surface area contributed by atoms with Crippen molar-refractivity contribution < 1.29 is 0 Å². The Morgan fingerprint density at radius 2 is 2.36 bits per heavy atom. The number of nitrogens with one attached hydrogen (secondary N) is 2. The third kappa shape index (κ3) is 1.32. The molecule has 1 saturated heterocycles. The van der Waals surface area contributed by atoms with Crippen molar-refractivity contribution >= 4 is 18.2 Å². The number of halogens is 1. The van der Waals surface area contributed by atoms with Gasteiger partial charge in [-0.3, -0.25) is 5.01 Å². The fraction of sp³-hybridized carbons (Fsp3) is 0.222. The number of allylic oxidation sites excluding steroid dienone is 1. The second kappa shape index (κ2) is 3.48. The fourth-order valence-corrected chi connectivity index (χ4v) is 1.65. The number of hydrazine groups is 1. The quantitative estimate of drug-likeness (QED) is 0.624. The van der Waals surface area contributed by atoms with Crippen molar-refractivity contribution in [1.82, 2.24) is 15.8 Å². The summed E-state index contributed by atoms with van der Waals surface area (Å²) in [6.07, 6.45) is 8.94. The zero-order chi connectivity index (χ0) is 8.67. The number of hydrogen-bond acceptors (Lipinski definition) is 4. The first-order valence-corrected chi connectivity index (χ1v) is 4.39. The maximum Gasteiger partial charge on any atom is 0.125 e.